The smallest absolute Gasteiger partial charge is 0.184 e. The lowest BCUT2D eigenvalue weighted by Crippen LogP contribution is -2.38. The van der Waals surface area contributed by atoms with E-state index in [1.807, 2.05) is 37.3 Å². The minimum absolute atomic E-state index is 0.127. The molecule has 0 bridgehead atoms. The molecular formula is C15H20N2O. The summed E-state index contributed by atoms with van der Waals surface area (Å²) in [6.45, 7) is 2.79. The van der Waals surface area contributed by atoms with Gasteiger partial charge in [0.15, 0.2) is 5.78 Å². The third-order valence-electron chi connectivity index (χ3n) is 3.21. The first kappa shape index (κ1) is 12.8. The topological polar surface area (TPSA) is 41.5 Å². The molecule has 0 spiro atoms. The first-order chi connectivity index (χ1) is 8.77. The second-order valence-electron chi connectivity index (χ2n) is 4.74. The predicted octanol–water partition coefficient (Wildman–Crippen LogP) is 2.82. The Bertz CT molecular complexity index is 425. The van der Waals surface area contributed by atoms with E-state index in [4.69, 9.17) is 0 Å². The standard InChI is InChI=1S/C15H20N2O/c1-12(15(18)13-8-4-2-5-9-13)17-14-10-6-3-7-11-16-14/h2,4-5,8-9,12H,3,6-7,10-11H2,1H3,(H,16,17). The summed E-state index contributed by atoms with van der Waals surface area (Å²) in [7, 11) is 0. The molecule has 0 fully saturated rings. The molecule has 0 aliphatic carbocycles. The van der Waals surface area contributed by atoms with Crippen LogP contribution in [0.1, 0.15) is 43.0 Å². The molecule has 1 unspecified atom stereocenters. The maximum Gasteiger partial charge on any atom is 0.184 e. The Morgan fingerprint density at radius 2 is 2.00 bits per heavy atom. The van der Waals surface area contributed by atoms with Gasteiger partial charge in [0.05, 0.1) is 11.9 Å². The number of ketones is 1. The zero-order valence-electron chi connectivity index (χ0n) is 10.9. The molecular weight excluding hydrogens is 224 g/mol. The van der Waals surface area contributed by atoms with Gasteiger partial charge in [-0.2, -0.15) is 0 Å². The molecule has 1 aliphatic heterocycles. The molecule has 3 nitrogen and oxygen atoms in total. The van der Waals surface area contributed by atoms with Crippen LogP contribution in [0.5, 0.6) is 0 Å². The van der Waals surface area contributed by atoms with Crippen LogP contribution in [0.4, 0.5) is 0 Å². The average molecular weight is 244 g/mol. The maximum atomic E-state index is 12.2. The van der Waals surface area contributed by atoms with E-state index in [0.29, 0.717) is 0 Å². The number of hydrogen-bond acceptors (Lipinski definition) is 3. The van der Waals surface area contributed by atoms with E-state index < -0.39 is 0 Å². The van der Waals surface area contributed by atoms with Gasteiger partial charge >= 0.3 is 0 Å². The Kier molecular flexibility index (Phi) is 4.51. The third-order valence-corrected chi connectivity index (χ3v) is 3.21. The number of Topliss-reactive ketones (excluding diaryl/α,β-unsaturated/α-hetero) is 1. The van der Waals surface area contributed by atoms with Crippen LogP contribution in [0.2, 0.25) is 0 Å². The number of rotatable bonds is 3. The molecule has 0 radical (unpaired) electrons. The monoisotopic (exact) mass is 244 g/mol. The summed E-state index contributed by atoms with van der Waals surface area (Å²) in [5.74, 6) is 1.12. The number of aliphatic imine (C=N–C) groups is 1. The van der Waals surface area contributed by atoms with Crippen molar-refractivity contribution in [3.63, 3.8) is 0 Å². The van der Waals surface area contributed by atoms with E-state index >= 15 is 0 Å². The van der Waals surface area contributed by atoms with E-state index in [-0.39, 0.29) is 11.8 Å². The van der Waals surface area contributed by atoms with Crippen molar-refractivity contribution in [1.82, 2.24) is 5.32 Å². The van der Waals surface area contributed by atoms with Gasteiger partial charge in [-0.3, -0.25) is 9.79 Å². The lowest BCUT2D eigenvalue weighted by Gasteiger charge is -2.15. The van der Waals surface area contributed by atoms with Crippen LogP contribution in [0.3, 0.4) is 0 Å². The van der Waals surface area contributed by atoms with Gasteiger partial charge in [0.1, 0.15) is 0 Å². The molecule has 0 aromatic heterocycles. The summed E-state index contributed by atoms with van der Waals surface area (Å²) in [4.78, 5) is 16.7. The number of carbonyl (C=O) groups is 1. The van der Waals surface area contributed by atoms with Crippen molar-refractivity contribution < 1.29 is 4.79 Å². The summed E-state index contributed by atoms with van der Waals surface area (Å²) in [6, 6.07) is 9.21. The molecule has 96 valence electrons. The van der Waals surface area contributed by atoms with E-state index in [0.717, 1.165) is 37.2 Å². The van der Waals surface area contributed by atoms with Crippen molar-refractivity contribution in [3.8, 4) is 0 Å². The quantitative estimate of drug-likeness (QED) is 0.831. The maximum absolute atomic E-state index is 12.2. The number of benzene rings is 1. The van der Waals surface area contributed by atoms with Gasteiger partial charge in [0.2, 0.25) is 0 Å². The Labute approximate surface area is 108 Å². The van der Waals surface area contributed by atoms with Gasteiger partial charge in [-0.1, -0.05) is 36.8 Å². The largest absolute Gasteiger partial charge is 0.364 e. The van der Waals surface area contributed by atoms with Crippen molar-refractivity contribution in [1.29, 1.82) is 0 Å². The SMILES string of the molecule is CC(NC1=NCCCCC1)C(=O)c1ccccc1. The van der Waals surface area contributed by atoms with Gasteiger partial charge in [0, 0.05) is 18.5 Å². The highest BCUT2D eigenvalue weighted by atomic mass is 16.1. The molecule has 0 saturated carbocycles. The van der Waals surface area contributed by atoms with Crippen LogP contribution in [-0.2, 0) is 0 Å². The molecule has 1 aromatic rings. The lowest BCUT2D eigenvalue weighted by molar-refractivity contribution is 0.0959. The molecule has 1 aromatic carbocycles. The molecule has 0 amide bonds. The average Bonchev–Trinajstić information content (AvgIpc) is 2.67. The van der Waals surface area contributed by atoms with E-state index in [2.05, 4.69) is 10.3 Å². The summed E-state index contributed by atoms with van der Waals surface area (Å²) < 4.78 is 0. The third kappa shape index (κ3) is 3.42. The molecule has 1 N–H and O–H groups in total. The minimum atomic E-state index is -0.204. The van der Waals surface area contributed by atoms with E-state index in [1.54, 1.807) is 0 Å². The molecule has 18 heavy (non-hydrogen) atoms. The molecule has 1 atom stereocenters. The van der Waals surface area contributed by atoms with Crippen molar-refractivity contribution in [2.45, 2.75) is 38.6 Å². The molecule has 3 heteroatoms. The van der Waals surface area contributed by atoms with Crippen LogP contribution >= 0.6 is 0 Å². The predicted molar refractivity (Wildman–Crippen MR) is 74.1 cm³/mol. The van der Waals surface area contributed by atoms with Gasteiger partial charge in [-0.25, -0.2) is 0 Å². The second-order valence-corrected chi connectivity index (χ2v) is 4.74. The number of carbonyl (C=O) groups excluding carboxylic acids is 1. The van der Waals surface area contributed by atoms with Crippen molar-refractivity contribution in [2.75, 3.05) is 6.54 Å². The molecule has 1 aliphatic rings. The Balaban J connectivity index is 1.97. The van der Waals surface area contributed by atoms with Gasteiger partial charge in [-0.15, -0.1) is 0 Å². The van der Waals surface area contributed by atoms with E-state index in [1.165, 1.54) is 6.42 Å². The fourth-order valence-electron chi connectivity index (χ4n) is 2.16. The minimum Gasteiger partial charge on any atom is -0.364 e. The lowest BCUT2D eigenvalue weighted by atomic mass is 10.1. The summed E-state index contributed by atoms with van der Waals surface area (Å²) in [6.07, 6.45) is 4.52. The fourth-order valence-corrected chi connectivity index (χ4v) is 2.16. The Hall–Kier alpha value is -1.64. The first-order valence-corrected chi connectivity index (χ1v) is 6.66. The molecule has 2 rings (SSSR count). The highest BCUT2D eigenvalue weighted by Gasteiger charge is 2.16. The Morgan fingerprint density at radius 1 is 1.22 bits per heavy atom. The van der Waals surface area contributed by atoms with Crippen molar-refractivity contribution in [3.05, 3.63) is 35.9 Å². The van der Waals surface area contributed by atoms with Gasteiger partial charge < -0.3 is 5.32 Å². The van der Waals surface area contributed by atoms with Crippen molar-refractivity contribution in [2.24, 2.45) is 4.99 Å². The number of nitrogens with zero attached hydrogens (tertiary/aromatic N) is 1. The summed E-state index contributed by atoms with van der Waals surface area (Å²) in [5.41, 5.74) is 0.756. The fraction of sp³-hybridized carbons (Fsp3) is 0.467. The zero-order valence-corrected chi connectivity index (χ0v) is 10.9. The van der Waals surface area contributed by atoms with Crippen LogP contribution in [0.25, 0.3) is 0 Å². The molecule has 1 heterocycles. The zero-order chi connectivity index (χ0) is 12.8. The number of nitrogens with one attached hydrogen (secondary N) is 1. The van der Waals surface area contributed by atoms with Gasteiger partial charge in [0.25, 0.3) is 0 Å². The number of hydrogen-bond donors (Lipinski definition) is 1. The highest BCUT2D eigenvalue weighted by Crippen LogP contribution is 2.08. The normalized spacial score (nSPS) is 17.5. The van der Waals surface area contributed by atoms with Crippen molar-refractivity contribution >= 4 is 11.6 Å². The second kappa shape index (κ2) is 6.34. The number of amidine groups is 1. The summed E-state index contributed by atoms with van der Waals surface area (Å²) in [5, 5.41) is 3.26. The van der Waals surface area contributed by atoms with E-state index in [9.17, 15) is 4.79 Å². The van der Waals surface area contributed by atoms with Gasteiger partial charge in [-0.05, 0) is 19.8 Å². The van der Waals surface area contributed by atoms with Crippen LogP contribution < -0.4 is 5.32 Å². The van der Waals surface area contributed by atoms with Crippen LogP contribution in [0, 0.1) is 0 Å². The van der Waals surface area contributed by atoms with Crippen LogP contribution in [0.15, 0.2) is 35.3 Å². The first-order valence-electron chi connectivity index (χ1n) is 6.66. The highest BCUT2D eigenvalue weighted by molar-refractivity contribution is 6.02. The summed E-state index contributed by atoms with van der Waals surface area (Å²) >= 11 is 0. The Morgan fingerprint density at radius 3 is 2.78 bits per heavy atom. The molecule has 0 saturated heterocycles. The van der Waals surface area contributed by atoms with Crippen LogP contribution in [-0.4, -0.2) is 24.2 Å².